The van der Waals surface area contributed by atoms with Crippen LogP contribution in [0.4, 0.5) is 0 Å². The molecule has 1 aliphatic rings. The molecule has 1 fully saturated rings. The maximum absolute atomic E-state index is 4.46. The van der Waals surface area contributed by atoms with Gasteiger partial charge >= 0.3 is 0 Å². The summed E-state index contributed by atoms with van der Waals surface area (Å²) < 4.78 is 0. The zero-order chi connectivity index (χ0) is 10.7. The van der Waals surface area contributed by atoms with Crippen molar-refractivity contribution < 1.29 is 0 Å². The van der Waals surface area contributed by atoms with Gasteiger partial charge in [0.15, 0.2) is 0 Å². The maximum Gasteiger partial charge on any atom is 0.107 e. The normalized spacial score (nSPS) is 23.2. The lowest BCUT2D eigenvalue weighted by atomic mass is 10.1. The van der Waals surface area contributed by atoms with E-state index in [2.05, 4.69) is 27.6 Å². The molecule has 1 unspecified atom stereocenters. The molecule has 1 aromatic heterocycles. The van der Waals surface area contributed by atoms with Gasteiger partial charge in [0.1, 0.15) is 5.01 Å². The van der Waals surface area contributed by atoms with Crippen LogP contribution < -0.4 is 5.32 Å². The van der Waals surface area contributed by atoms with Gasteiger partial charge in [0.2, 0.25) is 0 Å². The number of aromatic nitrogens is 1. The molecule has 0 aliphatic carbocycles. The van der Waals surface area contributed by atoms with Gasteiger partial charge < -0.3 is 10.2 Å². The SMILES string of the molecule is Cc1csc(CNC2CCCN(C)C2)n1. The second-order valence-electron chi connectivity index (χ2n) is 4.36. The summed E-state index contributed by atoms with van der Waals surface area (Å²) in [6, 6.07) is 0.646. The highest BCUT2D eigenvalue weighted by molar-refractivity contribution is 7.09. The van der Waals surface area contributed by atoms with E-state index in [0.717, 1.165) is 12.2 Å². The Morgan fingerprint density at radius 3 is 3.20 bits per heavy atom. The van der Waals surface area contributed by atoms with E-state index >= 15 is 0 Å². The highest BCUT2D eigenvalue weighted by atomic mass is 32.1. The number of hydrogen-bond acceptors (Lipinski definition) is 4. The predicted molar refractivity (Wildman–Crippen MR) is 64.2 cm³/mol. The summed E-state index contributed by atoms with van der Waals surface area (Å²) in [7, 11) is 2.20. The van der Waals surface area contributed by atoms with E-state index in [1.807, 2.05) is 6.92 Å². The average molecular weight is 225 g/mol. The van der Waals surface area contributed by atoms with Crippen molar-refractivity contribution in [1.82, 2.24) is 15.2 Å². The first-order valence-electron chi connectivity index (χ1n) is 5.57. The van der Waals surface area contributed by atoms with Crippen molar-refractivity contribution >= 4 is 11.3 Å². The third kappa shape index (κ3) is 3.26. The topological polar surface area (TPSA) is 28.2 Å². The summed E-state index contributed by atoms with van der Waals surface area (Å²) in [5, 5.41) is 6.91. The summed E-state index contributed by atoms with van der Waals surface area (Å²) >= 11 is 1.75. The molecule has 1 aromatic rings. The van der Waals surface area contributed by atoms with E-state index in [-0.39, 0.29) is 0 Å². The van der Waals surface area contributed by atoms with Crippen molar-refractivity contribution in [3.8, 4) is 0 Å². The molecular formula is C11H19N3S. The smallest absolute Gasteiger partial charge is 0.107 e. The largest absolute Gasteiger partial charge is 0.306 e. The van der Waals surface area contributed by atoms with Crippen LogP contribution in [0.5, 0.6) is 0 Å². The number of piperidine rings is 1. The number of thiazole rings is 1. The number of hydrogen-bond donors (Lipinski definition) is 1. The average Bonchev–Trinajstić information content (AvgIpc) is 2.62. The van der Waals surface area contributed by atoms with E-state index < -0.39 is 0 Å². The molecule has 2 heterocycles. The fourth-order valence-corrected chi connectivity index (χ4v) is 2.77. The third-order valence-corrected chi connectivity index (χ3v) is 3.80. The zero-order valence-corrected chi connectivity index (χ0v) is 10.3. The molecule has 1 atom stereocenters. The molecule has 0 radical (unpaired) electrons. The van der Waals surface area contributed by atoms with Gasteiger partial charge in [-0.1, -0.05) is 0 Å². The zero-order valence-electron chi connectivity index (χ0n) is 9.49. The number of rotatable bonds is 3. The number of likely N-dealkylation sites (tertiary alicyclic amines) is 1. The Morgan fingerprint density at radius 2 is 2.53 bits per heavy atom. The minimum Gasteiger partial charge on any atom is -0.306 e. The standard InChI is InChI=1S/C11H19N3S/c1-9-8-15-11(13-9)6-12-10-4-3-5-14(2)7-10/h8,10,12H,3-7H2,1-2H3. The van der Waals surface area contributed by atoms with E-state index in [1.165, 1.54) is 30.9 Å². The Hall–Kier alpha value is -0.450. The molecule has 84 valence electrons. The molecule has 0 amide bonds. The van der Waals surface area contributed by atoms with Gasteiger partial charge in [-0.15, -0.1) is 11.3 Å². The second-order valence-corrected chi connectivity index (χ2v) is 5.31. The predicted octanol–water partition coefficient (Wildman–Crippen LogP) is 1.64. The summed E-state index contributed by atoms with van der Waals surface area (Å²) in [4.78, 5) is 6.85. The van der Waals surface area contributed by atoms with Crippen molar-refractivity contribution in [3.05, 3.63) is 16.1 Å². The van der Waals surface area contributed by atoms with Gasteiger partial charge in [-0.25, -0.2) is 4.98 Å². The molecule has 1 saturated heterocycles. The molecule has 0 saturated carbocycles. The van der Waals surface area contributed by atoms with Gasteiger partial charge in [0, 0.05) is 30.2 Å². The Bertz CT molecular complexity index is 311. The quantitative estimate of drug-likeness (QED) is 0.847. The van der Waals surface area contributed by atoms with Gasteiger partial charge in [0.05, 0.1) is 0 Å². The molecule has 0 bridgehead atoms. The first-order valence-corrected chi connectivity index (χ1v) is 6.45. The molecule has 0 aromatic carbocycles. The van der Waals surface area contributed by atoms with E-state index in [4.69, 9.17) is 0 Å². The van der Waals surface area contributed by atoms with Gasteiger partial charge in [0.25, 0.3) is 0 Å². The Kier molecular flexibility index (Phi) is 3.72. The van der Waals surface area contributed by atoms with Crippen molar-refractivity contribution in [1.29, 1.82) is 0 Å². The third-order valence-electron chi connectivity index (χ3n) is 2.83. The fourth-order valence-electron chi connectivity index (χ4n) is 2.05. The molecule has 2 rings (SSSR count). The second kappa shape index (κ2) is 5.05. The minimum atomic E-state index is 0.646. The number of likely N-dealkylation sites (N-methyl/N-ethyl adjacent to an activating group) is 1. The Morgan fingerprint density at radius 1 is 1.67 bits per heavy atom. The van der Waals surface area contributed by atoms with Crippen LogP contribution in [0, 0.1) is 6.92 Å². The van der Waals surface area contributed by atoms with Crippen molar-refractivity contribution in [2.75, 3.05) is 20.1 Å². The summed E-state index contributed by atoms with van der Waals surface area (Å²) in [5.41, 5.74) is 1.14. The highest BCUT2D eigenvalue weighted by Crippen LogP contribution is 2.11. The van der Waals surface area contributed by atoms with Crippen LogP contribution in [0.25, 0.3) is 0 Å². The lowest BCUT2D eigenvalue weighted by Crippen LogP contribution is -2.43. The van der Waals surface area contributed by atoms with Gasteiger partial charge in [-0.05, 0) is 33.4 Å². The maximum atomic E-state index is 4.46. The van der Waals surface area contributed by atoms with Crippen LogP contribution in [0.15, 0.2) is 5.38 Å². The Labute approximate surface area is 95.5 Å². The number of nitrogens with zero attached hydrogens (tertiary/aromatic N) is 2. The molecule has 1 aliphatic heterocycles. The van der Waals surface area contributed by atoms with Crippen LogP contribution in [-0.2, 0) is 6.54 Å². The highest BCUT2D eigenvalue weighted by Gasteiger charge is 2.16. The minimum absolute atomic E-state index is 0.646. The van der Waals surface area contributed by atoms with Crippen LogP contribution in [0.1, 0.15) is 23.5 Å². The van der Waals surface area contributed by atoms with E-state index in [1.54, 1.807) is 11.3 Å². The van der Waals surface area contributed by atoms with Crippen LogP contribution in [0.3, 0.4) is 0 Å². The van der Waals surface area contributed by atoms with E-state index in [9.17, 15) is 0 Å². The lowest BCUT2D eigenvalue weighted by Gasteiger charge is -2.30. The summed E-state index contributed by atoms with van der Waals surface area (Å²) in [6.45, 7) is 5.39. The molecule has 4 heteroatoms. The number of nitrogens with one attached hydrogen (secondary N) is 1. The van der Waals surface area contributed by atoms with Crippen molar-refractivity contribution in [2.45, 2.75) is 32.4 Å². The summed E-state index contributed by atoms with van der Waals surface area (Å²) in [5.74, 6) is 0. The van der Waals surface area contributed by atoms with Gasteiger partial charge in [-0.3, -0.25) is 0 Å². The molecular weight excluding hydrogens is 206 g/mol. The first kappa shape index (κ1) is 11.0. The van der Waals surface area contributed by atoms with E-state index in [0.29, 0.717) is 6.04 Å². The van der Waals surface area contributed by atoms with Crippen LogP contribution >= 0.6 is 11.3 Å². The monoisotopic (exact) mass is 225 g/mol. The lowest BCUT2D eigenvalue weighted by molar-refractivity contribution is 0.226. The summed E-state index contributed by atoms with van der Waals surface area (Å²) in [6.07, 6.45) is 2.61. The Balaban J connectivity index is 1.77. The van der Waals surface area contributed by atoms with Crippen LogP contribution in [0.2, 0.25) is 0 Å². The first-order chi connectivity index (χ1) is 7.24. The van der Waals surface area contributed by atoms with Gasteiger partial charge in [-0.2, -0.15) is 0 Å². The molecule has 3 nitrogen and oxygen atoms in total. The van der Waals surface area contributed by atoms with Crippen molar-refractivity contribution in [2.24, 2.45) is 0 Å². The molecule has 15 heavy (non-hydrogen) atoms. The molecule has 0 spiro atoms. The fraction of sp³-hybridized carbons (Fsp3) is 0.727. The van der Waals surface area contributed by atoms with Crippen LogP contribution in [-0.4, -0.2) is 36.1 Å². The van der Waals surface area contributed by atoms with Crippen molar-refractivity contribution in [3.63, 3.8) is 0 Å². The number of aryl methyl sites for hydroxylation is 1. The molecule has 1 N–H and O–H groups in total.